The summed E-state index contributed by atoms with van der Waals surface area (Å²) in [4.78, 5) is 26.9. The quantitative estimate of drug-likeness (QED) is 0.860. The predicted molar refractivity (Wildman–Crippen MR) is 67.8 cm³/mol. The molecule has 0 saturated heterocycles. The fourth-order valence-electron chi connectivity index (χ4n) is 1.20. The van der Waals surface area contributed by atoms with Gasteiger partial charge in [-0.3, -0.25) is 0 Å². The number of nitrogens with zero attached hydrogens (tertiary/aromatic N) is 1. The number of ether oxygens (including phenoxy) is 2. The van der Waals surface area contributed by atoms with Crippen LogP contribution in [0.3, 0.4) is 0 Å². The van der Waals surface area contributed by atoms with Crippen LogP contribution in [0.5, 0.6) is 5.75 Å². The van der Waals surface area contributed by atoms with Crippen LogP contribution in [0.2, 0.25) is 10.0 Å². The van der Waals surface area contributed by atoms with Gasteiger partial charge in [0.1, 0.15) is 10.0 Å². The van der Waals surface area contributed by atoms with Gasteiger partial charge in [-0.2, -0.15) is 0 Å². The number of aromatic nitrogens is 1. The lowest BCUT2D eigenvalue weighted by molar-refractivity contribution is 0.0511. The van der Waals surface area contributed by atoms with Crippen molar-refractivity contribution >= 4 is 35.1 Å². The Morgan fingerprint density at radius 3 is 1.74 bits per heavy atom. The summed E-state index contributed by atoms with van der Waals surface area (Å²) in [6.45, 7) is 3.37. The van der Waals surface area contributed by atoms with E-state index in [0.717, 1.165) is 0 Å². The van der Waals surface area contributed by atoms with Crippen LogP contribution in [0.15, 0.2) is 0 Å². The molecule has 0 unspecified atom stereocenters. The van der Waals surface area contributed by atoms with Crippen LogP contribution < -0.4 is 0 Å². The molecule has 19 heavy (non-hydrogen) atoms. The molecule has 0 spiro atoms. The Morgan fingerprint density at radius 2 is 1.42 bits per heavy atom. The zero-order valence-corrected chi connectivity index (χ0v) is 11.7. The minimum absolute atomic E-state index is 0.0922. The number of hydrogen-bond acceptors (Lipinski definition) is 6. The zero-order valence-electron chi connectivity index (χ0n) is 10.2. The maximum absolute atomic E-state index is 11.6. The van der Waals surface area contributed by atoms with Crippen molar-refractivity contribution in [3.63, 3.8) is 0 Å². The second-order valence-corrected chi connectivity index (χ2v) is 3.98. The molecule has 0 atom stereocenters. The van der Waals surface area contributed by atoms with Gasteiger partial charge in [-0.15, -0.1) is 0 Å². The molecule has 1 N–H and O–H groups in total. The summed E-state index contributed by atoms with van der Waals surface area (Å²) in [6, 6.07) is 0. The van der Waals surface area contributed by atoms with Gasteiger partial charge in [0, 0.05) is 0 Å². The van der Waals surface area contributed by atoms with Gasteiger partial charge < -0.3 is 14.6 Å². The van der Waals surface area contributed by atoms with Crippen LogP contribution in [0.4, 0.5) is 0 Å². The van der Waals surface area contributed by atoms with E-state index in [2.05, 4.69) is 4.98 Å². The molecule has 0 fully saturated rings. The van der Waals surface area contributed by atoms with Crippen molar-refractivity contribution in [3.05, 3.63) is 21.4 Å². The molecule has 0 aromatic carbocycles. The Morgan fingerprint density at radius 1 is 1.05 bits per heavy atom. The highest BCUT2D eigenvalue weighted by Gasteiger charge is 2.26. The molecule has 1 aromatic rings. The van der Waals surface area contributed by atoms with Crippen LogP contribution in [0.25, 0.3) is 0 Å². The number of rotatable bonds is 4. The van der Waals surface area contributed by atoms with E-state index in [1.807, 2.05) is 0 Å². The van der Waals surface area contributed by atoms with Crippen molar-refractivity contribution in [1.29, 1.82) is 0 Å². The normalized spacial score (nSPS) is 10.1. The van der Waals surface area contributed by atoms with Crippen molar-refractivity contribution in [3.8, 4) is 5.75 Å². The van der Waals surface area contributed by atoms with Gasteiger partial charge in [0.25, 0.3) is 0 Å². The molecule has 8 heteroatoms. The van der Waals surface area contributed by atoms with Gasteiger partial charge in [0.15, 0.2) is 17.1 Å². The Labute approximate surface area is 119 Å². The first kappa shape index (κ1) is 15.5. The smallest absolute Gasteiger partial charge is 0.358 e. The Kier molecular flexibility index (Phi) is 5.38. The van der Waals surface area contributed by atoms with E-state index in [9.17, 15) is 14.7 Å². The molecule has 0 bridgehead atoms. The molecule has 0 aliphatic carbocycles. The molecule has 6 nitrogen and oxygen atoms in total. The van der Waals surface area contributed by atoms with Gasteiger partial charge in [0.2, 0.25) is 0 Å². The predicted octanol–water partition coefficient (Wildman–Crippen LogP) is 2.45. The number of pyridine rings is 1. The monoisotopic (exact) mass is 307 g/mol. The van der Waals surface area contributed by atoms with Gasteiger partial charge in [-0.25, -0.2) is 14.6 Å². The fraction of sp³-hybridized carbons (Fsp3) is 0.364. The molecule has 104 valence electrons. The summed E-state index contributed by atoms with van der Waals surface area (Å²) >= 11 is 11.5. The summed E-state index contributed by atoms with van der Waals surface area (Å²) in [7, 11) is 0. The van der Waals surface area contributed by atoms with Crippen LogP contribution in [-0.2, 0) is 9.47 Å². The second-order valence-electron chi connectivity index (χ2n) is 3.23. The molecule has 1 rings (SSSR count). The van der Waals surface area contributed by atoms with Crippen molar-refractivity contribution in [2.24, 2.45) is 0 Å². The van der Waals surface area contributed by atoms with E-state index in [1.165, 1.54) is 0 Å². The summed E-state index contributed by atoms with van der Waals surface area (Å²) in [5, 5.41) is 8.93. The molecule has 0 amide bonds. The van der Waals surface area contributed by atoms with Gasteiger partial charge in [0.05, 0.1) is 13.2 Å². The average molecular weight is 308 g/mol. The van der Waals surface area contributed by atoms with E-state index in [4.69, 9.17) is 32.7 Å². The first-order chi connectivity index (χ1) is 8.93. The first-order valence-corrected chi connectivity index (χ1v) is 6.11. The first-order valence-electron chi connectivity index (χ1n) is 5.36. The maximum Gasteiger partial charge on any atom is 0.358 e. The number of carbonyl (C=O) groups excluding carboxylic acids is 2. The molecular formula is C11H11Cl2NO5. The van der Waals surface area contributed by atoms with E-state index in [-0.39, 0.29) is 23.3 Å². The zero-order chi connectivity index (χ0) is 14.6. The Hall–Kier alpha value is -1.53. The second kappa shape index (κ2) is 6.58. The molecular weight excluding hydrogens is 297 g/mol. The summed E-state index contributed by atoms with van der Waals surface area (Å²) < 4.78 is 9.41. The van der Waals surface area contributed by atoms with Crippen LogP contribution in [-0.4, -0.2) is 35.2 Å². The lowest BCUT2D eigenvalue weighted by atomic mass is 10.2. The lowest BCUT2D eigenvalue weighted by Crippen LogP contribution is -2.14. The highest BCUT2D eigenvalue weighted by molar-refractivity contribution is 6.40. The summed E-state index contributed by atoms with van der Waals surface area (Å²) in [5.41, 5.74) is -0.790. The van der Waals surface area contributed by atoms with Gasteiger partial charge in [-0.1, -0.05) is 23.2 Å². The van der Waals surface area contributed by atoms with Crippen LogP contribution in [0.1, 0.15) is 34.8 Å². The van der Waals surface area contributed by atoms with E-state index < -0.39 is 29.1 Å². The topological polar surface area (TPSA) is 85.7 Å². The number of carbonyl (C=O) groups is 2. The molecule has 0 aliphatic rings. The molecule has 0 aliphatic heterocycles. The SMILES string of the molecule is CCOC(=O)c1nc(C(=O)OCC)c(Cl)c(O)c1Cl. The summed E-state index contributed by atoms with van der Waals surface area (Å²) in [5.74, 6) is -2.36. The van der Waals surface area contributed by atoms with Crippen molar-refractivity contribution in [1.82, 2.24) is 4.98 Å². The third-order valence-corrected chi connectivity index (χ3v) is 2.71. The number of hydrogen-bond donors (Lipinski definition) is 1. The highest BCUT2D eigenvalue weighted by atomic mass is 35.5. The number of aromatic hydroxyl groups is 1. The van der Waals surface area contributed by atoms with Crippen LogP contribution in [0, 0.1) is 0 Å². The van der Waals surface area contributed by atoms with Gasteiger partial charge in [-0.05, 0) is 13.8 Å². The third-order valence-electron chi connectivity index (χ3n) is 1.99. The van der Waals surface area contributed by atoms with Crippen molar-refractivity contribution in [2.45, 2.75) is 13.8 Å². The largest absolute Gasteiger partial charge is 0.505 e. The minimum Gasteiger partial charge on any atom is -0.505 e. The fourth-order valence-corrected chi connectivity index (χ4v) is 1.68. The molecule has 1 aromatic heterocycles. The highest BCUT2D eigenvalue weighted by Crippen LogP contribution is 2.36. The van der Waals surface area contributed by atoms with Crippen LogP contribution >= 0.6 is 23.2 Å². The summed E-state index contributed by atoms with van der Waals surface area (Å²) in [6.07, 6.45) is 0. The minimum atomic E-state index is -0.870. The molecule has 0 saturated carbocycles. The Bertz CT molecular complexity index is 476. The van der Waals surface area contributed by atoms with E-state index in [0.29, 0.717) is 0 Å². The number of halogens is 2. The van der Waals surface area contributed by atoms with Crippen molar-refractivity contribution < 1.29 is 24.2 Å². The van der Waals surface area contributed by atoms with Gasteiger partial charge >= 0.3 is 11.9 Å². The van der Waals surface area contributed by atoms with E-state index in [1.54, 1.807) is 13.8 Å². The van der Waals surface area contributed by atoms with Crippen molar-refractivity contribution in [2.75, 3.05) is 13.2 Å². The third kappa shape index (κ3) is 3.27. The number of esters is 2. The lowest BCUT2D eigenvalue weighted by Gasteiger charge is -2.10. The standard InChI is InChI=1S/C11H11Cl2NO5/c1-3-18-10(16)7-5(12)9(15)6(13)8(14-7)11(17)19-4-2/h3-4H2,1-2H3,(H,14,15). The maximum atomic E-state index is 11.6. The molecule has 1 heterocycles. The van der Waals surface area contributed by atoms with E-state index >= 15 is 0 Å². The average Bonchev–Trinajstić information content (AvgIpc) is 2.36. The Balaban J connectivity index is 3.34. The molecule has 0 radical (unpaired) electrons.